The monoisotopic (exact) mass is 404 g/mol. The number of pyridine rings is 1. The molecule has 1 fully saturated rings. The van der Waals surface area contributed by atoms with Crippen molar-refractivity contribution in [2.24, 2.45) is 5.73 Å². The minimum atomic E-state index is -0.225. The van der Waals surface area contributed by atoms with E-state index in [-0.39, 0.29) is 11.9 Å². The molecule has 156 valence electrons. The summed E-state index contributed by atoms with van der Waals surface area (Å²) in [6, 6.07) is 13.9. The fourth-order valence-electron chi connectivity index (χ4n) is 4.17. The Balaban J connectivity index is 1.87. The predicted molar refractivity (Wildman–Crippen MR) is 124 cm³/mol. The summed E-state index contributed by atoms with van der Waals surface area (Å²) in [6.07, 6.45) is 5.67. The van der Waals surface area contributed by atoms with Crippen LogP contribution in [0.2, 0.25) is 0 Å². The zero-order valence-electron chi connectivity index (χ0n) is 17.9. The Morgan fingerprint density at radius 2 is 1.60 bits per heavy atom. The molecular weight excluding hydrogens is 375 g/mol. The van der Waals surface area contributed by atoms with Crippen molar-refractivity contribution < 1.29 is 4.39 Å². The molecule has 1 saturated heterocycles. The second-order valence-corrected chi connectivity index (χ2v) is 8.37. The van der Waals surface area contributed by atoms with Gasteiger partial charge in [-0.2, -0.15) is 0 Å². The third-order valence-corrected chi connectivity index (χ3v) is 5.82. The summed E-state index contributed by atoms with van der Waals surface area (Å²) >= 11 is 0. The molecule has 4 rings (SSSR count). The van der Waals surface area contributed by atoms with Crippen molar-refractivity contribution in [2.75, 3.05) is 37.0 Å². The van der Waals surface area contributed by atoms with Crippen molar-refractivity contribution in [3.8, 4) is 22.3 Å². The van der Waals surface area contributed by atoms with Crippen molar-refractivity contribution in [3.05, 3.63) is 66.2 Å². The third-order valence-electron chi connectivity index (χ3n) is 5.82. The second kappa shape index (κ2) is 8.44. The van der Waals surface area contributed by atoms with Crippen LogP contribution in [0.1, 0.15) is 18.4 Å². The molecule has 30 heavy (non-hydrogen) atoms. The highest BCUT2D eigenvalue weighted by atomic mass is 19.1. The van der Waals surface area contributed by atoms with Crippen LogP contribution in [-0.4, -0.2) is 38.2 Å². The van der Waals surface area contributed by atoms with Crippen molar-refractivity contribution in [2.45, 2.75) is 25.8 Å². The minimum absolute atomic E-state index is 0.225. The van der Waals surface area contributed by atoms with Gasteiger partial charge in [0.15, 0.2) is 0 Å². The number of hydrogen-bond acceptors (Lipinski definition) is 4. The van der Waals surface area contributed by atoms with Gasteiger partial charge in [0.05, 0.1) is 5.69 Å². The number of aromatic nitrogens is 1. The van der Waals surface area contributed by atoms with Crippen LogP contribution >= 0.6 is 0 Å². The van der Waals surface area contributed by atoms with E-state index in [0.717, 1.165) is 65.1 Å². The molecule has 1 aromatic heterocycles. The van der Waals surface area contributed by atoms with Crippen LogP contribution in [0, 0.1) is 12.7 Å². The maximum absolute atomic E-state index is 14.2. The van der Waals surface area contributed by atoms with Gasteiger partial charge in [-0.15, -0.1) is 0 Å². The number of rotatable bonds is 4. The molecule has 0 radical (unpaired) electrons. The van der Waals surface area contributed by atoms with E-state index in [1.165, 1.54) is 0 Å². The molecule has 0 spiro atoms. The van der Waals surface area contributed by atoms with Gasteiger partial charge in [-0.1, -0.05) is 18.2 Å². The maximum atomic E-state index is 14.2. The van der Waals surface area contributed by atoms with Crippen molar-refractivity contribution in [1.82, 2.24) is 4.98 Å². The Morgan fingerprint density at radius 1 is 0.967 bits per heavy atom. The van der Waals surface area contributed by atoms with Crippen molar-refractivity contribution in [3.63, 3.8) is 0 Å². The number of nitrogens with zero attached hydrogens (tertiary/aromatic N) is 3. The Labute approximate surface area is 178 Å². The topological polar surface area (TPSA) is 45.4 Å². The predicted octanol–water partition coefficient (Wildman–Crippen LogP) is 4.86. The van der Waals surface area contributed by atoms with Crippen molar-refractivity contribution in [1.29, 1.82) is 0 Å². The standard InChI is InChI=1S/C25H29FN4/c1-17-12-19(14-20(26)13-17)24-16-28-15-23(18-4-6-22(7-5-18)29(2)3)25(24)30-10-8-21(27)9-11-30/h4-7,12-16,21H,8-11,27H2,1-3H3. The summed E-state index contributed by atoms with van der Waals surface area (Å²) in [5.41, 5.74) is 13.3. The summed E-state index contributed by atoms with van der Waals surface area (Å²) in [5, 5.41) is 0. The molecule has 2 N–H and O–H groups in total. The Morgan fingerprint density at radius 3 is 2.20 bits per heavy atom. The highest BCUT2D eigenvalue weighted by Gasteiger charge is 2.23. The van der Waals surface area contributed by atoms with Crippen LogP contribution in [0.4, 0.5) is 15.8 Å². The van der Waals surface area contributed by atoms with Crippen LogP contribution < -0.4 is 15.5 Å². The molecule has 4 nitrogen and oxygen atoms in total. The molecule has 0 aliphatic carbocycles. The molecule has 1 aliphatic heterocycles. The zero-order chi connectivity index (χ0) is 21.3. The van der Waals surface area contributed by atoms with Gasteiger partial charge in [-0.25, -0.2) is 4.39 Å². The first-order valence-corrected chi connectivity index (χ1v) is 10.5. The Bertz CT molecular complexity index is 1000. The molecule has 2 heterocycles. The van der Waals surface area contributed by atoms with E-state index in [0.29, 0.717) is 0 Å². The molecule has 0 unspecified atom stereocenters. The van der Waals surface area contributed by atoms with E-state index in [9.17, 15) is 4.39 Å². The first-order chi connectivity index (χ1) is 14.4. The summed E-state index contributed by atoms with van der Waals surface area (Å²) in [7, 11) is 4.07. The van der Waals surface area contributed by atoms with Crippen molar-refractivity contribution >= 4 is 11.4 Å². The lowest BCUT2D eigenvalue weighted by Gasteiger charge is -2.35. The first kappa shape index (κ1) is 20.4. The van der Waals surface area contributed by atoms with E-state index in [4.69, 9.17) is 5.73 Å². The Kier molecular flexibility index (Phi) is 5.73. The molecule has 0 atom stereocenters. The molecule has 5 heteroatoms. The highest BCUT2D eigenvalue weighted by molar-refractivity contribution is 5.90. The lowest BCUT2D eigenvalue weighted by Crippen LogP contribution is -2.40. The van der Waals surface area contributed by atoms with E-state index in [1.54, 1.807) is 12.1 Å². The summed E-state index contributed by atoms with van der Waals surface area (Å²) in [5.74, 6) is -0.225. The van der Waals surface area contributed by atoms with E-state index in [2.05, 4.69) is 39.0 Å². The third kappa shape index (κ3) is 4.17. The normalized spacial score (nSPS) is 14.8. The number of anilines is 2. The molecule has 3 aromatic rings. The fraction of sp³-hybridized carbons (Fsp3) is 0.320. The average molecular weight is 405 g/mol. The van der Waals surface area contributed by atoms with E-state index >= 15 is 0 Å². The number of nitrogens with two attached hydrogens (primary N) is 1. The number of halogens is 1. The molecule has 0 bridgehead atoms. The smallest absolute Gasteiger partial charge is 0.124 e. The van der Waals surface area contributed by atoms with Crippen LogP contribution in [-0.2, 0) is 0 Å². The molecule has 2 aromatic carbocycles. The molecule has 1 aliphatic rings. The van der Waals surface area contributed by atoms with Gasteiger partial charge < -0.3 is 15.5 Å². The van der Waals surface area contributed by atoms with Gasteiger partial charge in [-0.3, -0.25) is 4.98 Å². The van der Waals surface area contributed by atoms with Crippen LogP contribution in [0.3, 0.4) is 0 Å². The minimum Gasteiger partial charge on any atom is -0.378 e. The largest absolute Gasteiger partial charge is 0.378 e. The van der Waals surface area contributed by atoms with Gasteiger partial charge in [0.1, 0.15) is 5.82 Å². The quantitative estimate of drug-likeness (QED) is 0.675. The number of hydrogen-bond donors (Lipinski definition) is 1. The molecular formula is C25H29FN4. The maximum Gasteiger partial charge on any atom is 0.124 e. The average Bonchev–Trinajstić information content (AvgIpc) is 2.73. The zero-order valence-corrected chi connectivity index (χ0v) is 17.9. The van der Waals surface area contributed by atoms with Crippen LogP contribution in [0.5, 0.6) is 0 Å². The van der Waals surface area contributed by atoms with Crippen LogP contribution in [0.15, 0.2) is 54.9 Å². The first-order valence-electron chi connectivity index (χ1n) is 10.5. The number of benzene rings is 2. The van der Waals surface area contributed by atoms with Gasteiger partial charge in [0, 0.05) is 62.4 Å². The lowest BCUT2D eigenvalue weighted by atomic mass is 9.95. The summed E-state index contributed by atoms with van der Waals surface area (Å²) in [6.45, 7) is 3.69. The summed E-state index contributed by atoms with van der Waals surface area (Å²) < 4.78 is 14.2. The van der Waals surface area contributed by atoms with Crippen LogP contribution in [0.25, 0.3) is 22.3 Å². The fourth-order valence-corrected chi connectivity index (χ4v) is 4.17. The van der Waals surface area contributed by atoms with Gasteiger partial charge in [-0.05, 0) is 60.7 Å². The lowest BCUT2D eigenvalue weighted by molar-refractivity contribution is 0.501. The highest BCUT2D eigenvalue weighted by Crippen LogP contribution is 2.40. The molecule has 0 amide bonds. The van der Waals surface area contributed by atoms with Gasteiger partial charge >= 0.3 is 0 Å². The summed E-state index contributed by atoms with van der Waals surface area (Å²) in [4.78, 5) is 9.01. The number of piperidine rings is 1. The Hall–Kier alpha value is -2.92. The van der Waals surface area contributed by atoms with Gasteiger partial charge in [0.2, 0.25) is 0 Å². The van der Waals surface area contributed by atoms with Gasteiger partial charge in [0.25, 0.3) is 0 Å². The number of aryl methyl sites for hydroxylation is 1. The van der Waals surface area contributed by atoms with E-state index < -0.39 is 0 Å². The SMILES string of the molecule is Cc1cc(F)cc(-c2cncc(-c3ccc(N(C)C)cc3)c2N2CCC(N)CC2)c1. The van der Waals surface area contributed by atoms with E-state index in [1.807, 2.05) is 39.5 Å². The molecule has 0 saturated carbocycles. The second-order valence-electron chi connectivity index (χ2n) is 8.37.